The Hall–Kier alpha value is -3.35. The van der Waals surface area contributed by atoms with Gasteiger partial charge in [0.1, 0.15) is 12.6 Å². The summed E-state index contributed by atoms with van der Waals surface area (Å²) in [4.78, 5) is 36.5. The average Bonchev–Trinajstić information content (AvgIpc) is 3.14. The van der Waals surface area contributed by atoms with E-state index in [2.05, 4.69) is 34.9 Å². The molecule has 0 aromatic heterocycles. The van der Waals surface area contributed by atoms with Crippen molar-refractivity contribution in [2.45, 2.75) is 70.4 Å². The van der Waals surface area contributed by atoms with Crippen LogP contribution in [0.25, 0.3) is 11.1 Å². The van der Waals surface area contributed by atoms with Gasteiger partial charge in [0.15, 0.2) is 0 Å². The van der Waals surface area contributed by atoms with Crippen molar-refractivity contribution in [3.8, 4) is 11.1 Å². The number of carbonyl (C=O) groups is 3. The summed E-state index contributed by atoms with van der Waals surface area (Å²) in [6.45, 7) is 4.13. The van der Waals surface area contributed by atoms with E-state index in [1.54, 1.807) is 0 Å². The molecule has 0 aliphatic heterocycles. The molecule has 7 heteroatoms. The predicted octanol–water partition coefficient (Wildman–Crippen LogP) is 4.84. The number of carboxylic acid groups (broad SMARTS) is 1. The Morgan fingerprint density at radius 2 is 1.53 bits per heavy atom. The molecule has 34 heavy (non-hydrogen) atoms. The molecule has 0 fully saturated rings. The third-order valence-electron chi connectivity index (χ3n) is 6.21. The van der Waals surface area contributed by atoms with Gasteiger partial charge in [-0.25, -0.2) is 9.59 Å². The summed E-state index contributed by atoms with van der Waals surface area (Å²) in [6, 6.07) is 14.9. The van der Waals surface area contributed by atoms with Crippen molar-refractivity contribution in [3.63, 3.8) is 0 Å². The van der Waals surface area contributed by atoms with Gasteiger partial charge in [-0.05, 0) is 35.1 Å². The van der Waals surface area contributed by atoms with Gasteiger partial charge in [-0.2, -0.15) is 0 Å². The van der Waals surface area contributed by atoms with Crippen LogP contribution in [-0.2, 0) is 14.3 Å². The van der Waals surface area contributed by atoms with Crippen molar-refractivity contribution >= 4 is 18.0 Å². The number of ether oxygens (including phenoxy) is 1. The number of carbonyl (C=O) groups excluding carboxylic acids is 2. The van der Waals surface area contributed by atoms with Crippen LogP contribution in [0.5, 0.6) is 0 Å². The summed E-state index contributed by atoms with van der Waals surface area (Å²) in [7, 11) is 0. The minimum Gasteiger partial charge on any atom is -0.480 e. The van der Waals surface area contributed by atoms with Crippen LogP contribution in [-0.4, -0.2) is 41.8 Å². The van der Waals surface area contributed by atoms with Gasteiger partial charge in [0, 0.05) is 18.4 Å². The Morgan fingerprint density at radius 1 is 0.912 bits per heavy atom. The summed E-state index contributed by atoms with van der Waals surface area (Å²) in [6.07, 6.45) is 2.73. The Morgan fingerprint density at radius 3 is 2.09 bits per heavy atom. The lowest BCUT2D eigenvalue weighted by Gasteiger charge is -2.21. The van der Waals surface area contributed by atoms with Crippen LogP contribution in [0.15, 0.2) is 48.5 Å². The van der Waals surface area contributed by atoms with E-state index in [-0.39, 0.29) is 24.9 Å². The molecule has 0 radical (unpaired) electrons. The number of aliphatic carboxylic acids is 1. The molecule has 0 heterocycles. The van der Waals surface area contributed by atoms with Gasteiger partial charge in [0.2, 0.25) is 5.91 Å². The maximum absolute atomic E-state index is 12.6. The minimum atomic E-state index is -1.04. The van der Waals surface area contributed by atoms with Crippen molar-refractivity contribution in [2.75, 3.05) is 6.61 Å². The van der Waals surface area contributed by atoms with E-state index in [4.69, 9.17) is 4.74 Å². The second-order valence-corrected chi connectivity index (χ2v) is 8.76. The molecule has 2 aromatic carbocycles. The van der Waals surface area contributed by atoms with Crippen LogP contribution in [0, 0.1) is 0 Å². The van der Waals surface area contributed by atoms with Gasteiger partial charge < -0.3 is 20.5 Å². The van der Waals surface area contributed by atoms with Gasteiger partial charge >= 0.3 is 12.1 Å². The number of fused-ring (bicyclic) bond motifs is 3. The maximum Gasteiger partial charge on any atom is 0.407 e. The molecule has 2 unspecified atom stereocenters. The summed E-state index contributed by atoms with van der Waals surface area (Å²) in [5.41, 5.74) is 4.58. The highest BCUT2D eigenvalue weighted by Crippen LogP contribution is 2.44. The first-order chi connectivity index (χ1) is 16.4. The number of rotatable bonds is 12. The number of benzene rings is 2. The zero-order valence-corrected chi connectivity index (χ0v) is 19.9. The quantitative estimate of drug-likeness (QED) is 0.415. The Bertz CT molecular complexity index is 961. The van der Waals surface area contributed by atoms with Crippen molar-refractivity contribution < 1.29 is 24.2 Å². The molecule has 3 rings (SSSR count). The van der Waals surface area contributed by atoms with Crippen LogP contribution >= 0.6 is 0 Å². The molecule has 7 nitrogen and oxygen atoms in total. The number of hydrogen-bond donors (Lipinski definition) is 3. The van der Waals surface area contributed by atoms with Crippen LogP contribution < -0.4 is 10.6 Å². The molecule has 3 N–H and O–H groups in total. The summed E-state index contributed by atoms with van der Waals surface area (Å²) in [5.74, 6) is -1.47. The van der Waals surface area contributed by atoms with Gasteiger partial charge in [-0.15, -0.1) is 0 Å². The Balaban J connectivity index is 1.57. The monoisotopic (exact) mass is 466 g/mol. The SMILES string of the molecule is CCCCC(NC(=O)CC(CCC)NC(=O)OCC1c2ccccc2-c2ccccc21)C(=O)O. The van der Waals surface area contributed by atoms with E-state index in [1.165, 1.54) is 0 Å². The van der Waals surface area contributed by atoms with Crippen LogP contribution in [0.3, 0.4) is 0 Å². The molecule has 0 saturated heterocycles. The third kappa shape index (κ3) is 6.37. The standard InChI is InChI=1S/C27H34N2O5/c1-3-5-15-24(26(31)32)29-25(30)16-18(10-4-2)28-27(33)34-17-23-21-13-8-6-11-19(21)20-12-7-9-14-22(20)23/h6-9,11-14,18,23-24H,3-5,10,15-17H2,1-2H3,(H,28,33)(H,29,30)(H,31,32). The highest BCUT2D eigenvalue weighted by molar-refractivity contribution is 5.84. The third-order valence-corrected chi connectivity index (χ3v) is 6.21. The molecule has 0 bridgehead atoms. The number of alkyl carbamates (subject to hydrolysis) is 1. The summed E-state index contributed by atoms with van der Waals surface area (Å²) in [5, 5.41) is 14.7. The molecular weight excluding hydrogens is 432 g/mol. The van der Waals surface area contributed by atoms with E-state index in [1.807, 2.05) is 38.1 Å². The van der Waals surface area contributed by atoms with Crippen molar-refractivity contribution in [2.24, 2.45) is 0 Å². The first-order valence-corrected chi connectivity index (χ1v) is 12.1. The van der Waals surface area contributed by atoms with E-state index < -0.39 is 24.1 Å². The second-order valence-electron chi connectivity index (χ2n) is 8.76. The highest BCUT2D eigenvalue weighted by Gasteiger charge is 2.29. The predicted molar refractivity (Wildman–Crippen MR) is 131 cm³/mol. The zero-order chi connectivity index (χ0) is 24.5. The molecule has 0 spiro atoms. The number of hydrogen-bond acceptors (Lipinski definition) is 4. The van der Waals surface area contributed by atoms with Gasteiger partial charge in [-0.1, -0.05) is 81.6 Å². The smallest absolute Gasteiger partial charge is 0.407 e. The lowest BCUT2D eigenvalue weighted by Crippen LogP contribution is -2.45. The largest absolute Gasteiger partial charge is 0.480 e. The number of amides is 2. The molecule has 2 aromatic rings. The maximum atomic E-state index is 12.6. The fourth-order valence-electron chi connectivity index (χ4n) is 4.52. The van der Waals surface area contributed by atoms with Crippen LogP contribution in [0.1, 0.15) is 69.4 Å². The van der Waals surface area contributed by atoms with Crippen LogP contribution in [0.2, 0.25) is 0 Å². The first kappa shape index (κ1) is 25.3. The second kappa shape index (κ2) is 12.2. The average molecular weight is 467 g/mol. The zero-order valence-electron chi connectivity index (χ0n) is 19.9. The van der Waals surface area contributed by atoms with Crippen molar-refractivity contribution in [1.82, 2.24) is 10.6 Å². The van der Waals surface area contributed by atoms with Gasteiger partial charge in [0.25, 0.3) is 0 Å². The normalized spacial score (nSPS) is 13.9. The fraction of sp³-hybridized carbons (Fsp3) is 0.444. The summed E-state index contributed by atoms with van der Waals surface area (Å²) >= 11 is 0. The van der Waals surface area contributed by atoms with E-state index in [0.717, 1.165) is 35.1 Å². The molecule has 1 aliphatic rings. The van der Waals surface area contributed by atoms with Gasteiger partial charge in [-0.3, -0.25) is 4.79 Å². The number of carboxylic acids is 1. The molecular formula is C27H34N2O5. The number of nitrogens with one attached hydrogen (secondary N) is 2. The molecule has 1 aliphatic carbocycles. The first-order valence-electron chi connectivity index (χ1n) is 12.1. The summed E-state index contributed by atoms with van der Waals surface area (Å²) < 4.78 is 5.59. The molecule has 0 saturated carbocycles. The Labute approximate surface area is 200 Å². The minimum absolute atomic E-state index is 0.00788. The molecule has 2 amide bonds. The lowest BCUT2D eigenvalue weighted by molar-refractivity contribution is -0.142. The fourth-order valence-corrected chi connectivity index (χ4v) is 4.52. The van der Waals surface area contributed by atoms with E-state index in [0.29, 0.717) is 19.3 Å². The van der Waals surface area contributed by atoms with Crippen LogP contribution in [0.4, 0.5) is 4.79 Å². The van der Waals surface area contributed by atoms with E-state index in [9.17, 15) is 19.5 Å². The molecule has 182 valence electrons. The van der Waals surface area contributed by atoms with Gasteiger partial charge in [0.05, 0.1) is 0 Å². The number of unbranched alkanes of at least 4 members (excludes halogenated alkanes) is 1. The van der Waals surface area contributed by atoms with Crippen molar-refractivity contribution in [3.05, 3.63) is 59.7 Å². The Kier molecular flexibility index (Phi) is 9.08. The van der Waals surface area contributed by atoms with E-state index >= 15 is 0 Å². The van der Waals surface area contributed by atoms with Crippen molar-refractivity contribution in [1.29, 1.82) is 0 Å². The lowest BCUT2D eigenvalue weighted by atomic mass is 9.98. The highest BCUT2D eigenvalue weighted by atomic mass is 16.5. The topological polar surface area (TPSA) is 105 Å². The molecule has 2 atom stereocenters.